The molecule has 1 aromatic rings. The third-order valence-corrected chi connectivity index (χ3v) is 6.33. The van der Waals surface area contributed by atoms with Crippen LogP contribution in [0.4, 0.5) is 5.69 Å². The molecule has 28 heavy (non-hydrogen) atoms. The molecule has 154 valence electrons. The van der Waals surface area contributed by atoms with Crippen molar-refractivity contribution in [3.05, 3.63) is 35.9 Å². The second-order valence-electron chi connectivity index (χ2n) is 8.66. The normalized spacial score (nSPS) is 16.6. The third-order valence-electron chi connectivity index (χ3n) is 6.33. The van der Waals surface area contributed by atoms with Crippen LogP contribution in [0.15, 0.2) is 30.3 Å². The molecule has 0 aromatic heterocycles. The van der Waals surface area contributed by atoms with Gasteiger partial charge in [0.15, 0.2) is 5.78 Å². The van der Waals surface area contributed by atoms with Crippen LogP contribution >= 0.6 is 0 Å². The van der Waals surface area contributed by atoms with Gasteiger partial charge in [0.1, 0.15) is 0 Å². The van der Waals surface area contributed by atoms with E-state index in [0.717, 1.165) is 56.2 Å². The number of nitrogens with one attached hydrogen (secondary N) is 1. The molecule has 0 aliphatic heterocycles. The Kier molecular flexibility index (Phi) is 8.47. The van der Waals surface area contributed by atoms with E-state index < -0.39 is 0 Å². The zero-order chi connectivity index (χ0) is 20.6. The smallest absolute Gasteiger partial charge is 0.230 e. The maximum Gasteiger partial charge on any atom is 0.230 e. The molecule has 0 saturated heterocycles. The Morgan fingerprint density at radius 3 is 2.32 bits per heavy atom. The number of anilines is 1. The summed E-state index contributed by atoms with van der Waals surface area (Å²) in [6.45, 7) is 8.25. The van der Waals surface area contributed by atoms with E-state index in [1.807, 2.05) is 44.2 Å². The zero-order valence-corrected chi connectivity index (χ0v) is 18.1. The van der Waals surface area contributed by atoms with Crippen LogP contribution in [0.5, 0.6) is 0 Å². The van der Waals surface area contributed by atoms with E-state index in [2.05, 4.69) is 19.2 Å². The van der Waals surface area contributed by atoms with Gasteiger partial charge in [-0.15, -0.1) is 0 Å². The summed E-state index contributed by atoms with van der Waals surface area (Å²) in [6, 6.07) is 7.76. The van der Waals surface area contributed by atoms with E-state index >= 15 is 0 Å². The number of benzene rings is 1. The maximum atomic E-state index is 13.5. The summed E-state index contributed by atoms with van der Waals surface area (Å²) in [5.41, 5.74) is 1.44. The van der Waals surface area contributed by atoms with Gasteiger partial charge >= 0.3 is 0 Å². The predicted molar refractivity (Wildman–Crippen MR) is 118 cm³/mol. The van der Waals surface area contributed by atoms with Crippen molar-refractivity contribution in [1.29, 1.82) is 0 Å². The van der Waals surface area contributed by atoms with Crippen LogP contribution in [-0.2, 0) is 9.59 Å². The van der Waals surface area contributed by atoms with Gasteiger partial charge in [0.25, 0.3) is 0 Å². The summed E-state index contributed by atoms with van der Waals surface area (Å²) in [5, 5.41) is 3.23. The van der Waals surface area contributed by atoms with Crippen molar-refractivity contribution in [1.82, 2.24) is 0 Å². The number of para-hydroxylation sites is 1. The van der Waals surface area contributed by atoms with E-state index in [1.165, 1.54) is 6.42 Å². The molecule has 3 nitrogen and oxygen atoms in total. The highest BCUT2D eigenvalue weighted by Gasteiger charge is 2.40. The molecule has 2 rings (SSSR count). The lowest BCUT2D eigenvalue weighted by Crippen LogP contribution is -2.39. The summed E-state index contributed by atoms with van der Waals surface area (Å²) in [4.78, 5) is 25.4. The topological polar surface area (TPSA) is 46.2 Å². The first-order valence-corrected chi connectivity index (χ1v) is 11.0. The maximum absolute atomic E-state index is 13.5. The Balaban J connectivity index is 2.22. The molecule has 1 fully saturated rings. The third kappa shape index (κ3) is 5.80. The van der Waals surface area contributed by atoms with Crippen LogP contribution in [0.3, 0.4) is 0 Å². The highest BCUT2D eigenvalue weighted by atomic mass is 16.2. The highest BCUT2D eigenvalue weighted by Crippen LogP contribution is 2.43. The van der Waals surface area contributed by atoms with Crippen LogP contribution in [0.1, 0.15) is 84.6 Å². The SMILES string of the molecule is CCC(CC)CC1(C(=O)Nc2ccccc2/C=C/C(=O)C(C)C)CCCCC1. The number of carbonyl (C=O) groups excluding carboxylic acids is 2. The number of amides is 1. The number of carbonyl (C=O) groups is 2. The molecule has 0 spiro atoms. The van der Waals surface area contributed by atoms with Gasteiger partial charge < -0.3 is 5.32 Å². The summed E-state index contributed by atoms with van der Waals surface area (Å²) in [7, 11) is 0. The van der Waals surface area contributed by atoms with Gasteiger partial charge in [0.2, 0.25) is 5.91 Å². The number of hydrogen-bond acceptors (Lipinski definition) is 2. The van der Waals surface area contributed by atoms with E-state index in [4.69, 9.17) is 0 Å². The second kappa shape index (κ2) is 10.6. The van der Waals surface area contributed by atoms with Gasteiger partial charge in [-0.2, -0.15) is 0 Å². The minimum absolute atomic E-state index is 0.0245. The summed E-state index contributed by atoms with van der Waals surface area (Å²) >= 11 is 0. The second-order valence-corrected chi connectivity index (χ2v) is 8.66. The molecule has 1 saturated carbocycles. The lowest BCUT2D eigenvalue weighted by molar-refractivity contribution is -0.128. The minimum atomic E-state index is -0.250. The predicted octanol–water partition coefficient (Wildman–Crippen LogP) is 6.64. The monoisotopic (exact) mass is 383 g/mol. The van der Waals surface area contributed by atoms with Gasteiger partial charge in [-0.3, -0.25) is 9.59 Å². The van der Waals surface area contributed by atoms with Crippen molar-refractivity contribution < 1.29 is 9.59 Å². The Labute approximate surface area is 171 Å². The Hall–Kier alpha value is -1.90. The standard InChI is InChI=1S/C25H37NO2/c1-5-20(6-2)18-25(16-10-7-11-17-25)24(28)26-22-13-9-8-12-21(22)14-15-23(27)19(3)4/h8-9,12-15,19-20H,5-7,10-11,16-18H2,1-4H3,(H,26,28)/b15-14+. The average molecular weight is 384 g/mol. The number of rotatable bonds is 9. The number of allylic oxidation sites excluding steroid dienone is 1. The highest BCUT2D eigenvalue weighted by molar-refractivity contribution is 5.99. The lowest BCUT2D eigenvalue weighted by Gasteiger charge is -2.38. The first kappa shape index (κ1) is 22.4. The fraction of sp³-hybridized carbons (Fsp3) is 0.600. The van der Waals surface area contributed by atoms with Crippen LogP contribution < -0.4 is 5.32 Å². The van der Waals surface area contributed by atoms with Gasteiger partial charge in [-0.25, -0.2) is 0 Å². The quantitative estimate of drug-likeness (QED) is 0.486. The fourth-order valence-corrected chi connectivity index (χ4v) is 4.26. The van der Waals surface area contributed by atoms with E-state index in [0.29, 0.717) is 5.92 Å². The molecule has 0 bridgehead atoms. The Morgan fingerprint density at radius 1 is 1.07 bits per heavy atom. The van der Waals surface area contributed by atoms with Crippen LogP contribution in [0.25, 0.3) is 6.08 Å². The van der Waals surface area contributed by atoms with Crippen LogP contribution in [0, 0.1) is 17.3 Å². The zero-order valence-electron chi connectivity index (χ0n) is 18.1. The van der Waals surface area contributed by atoms with E-state index in [1.54, 1.807) is 6.08 Å². The van der Waals surface area contributed by atoms with Crippen molar-refractivity contribution in [2.75, 3.05) is 5.32 Å². The molecule has 1 amide bonds. The van der Waals surface area contributed by atoms with Gasteiger partial charge in [0, 0.05) is 17.0 Å². The summed E-state index contributed by atoms with van der Waals surface area (Å²) < 4.78 is 0. The van der Waals surface area contributed by atoms with Gasteiger partial charge in [0.05, 0.1) is 0 Å². The molecule has 1 aliphatic rings. The number of hydrogen-bond donors (Lipinski definition) is 1. The molecule has 0 atom stereocenters. The van der Waals surface area contributed by atoms with Gasteiger partial charge in [-0.1, -0.05) is 78.0 Å². The summed E-state index contributed by atoms with van der Waals surface area (Å²) in [6.07, 6.45) is 12.2. The minimum Gasteiger partial charge on any atom is -0.325 e. The molecular formula is C25H37NO2. The van der Waals surface area contributed by atoms with Crippen molar-refractivity contribution in [3.8, 4) is 0 Å². The van der Waals surface area contributed by atoms with Crippen molar-refractivity contribution >= 4 is 23.5 Å². The molecular weight excluding hydrogens is 346 g/mol. The van der Waals surface area contributed by atoms with E-state index in [9.17, 15) is 9.59 Å². The largest absolute Gasteiger partial charge is 0.325 e. The van der Waals surface area contributed by atoms with Crippen molar-refractivity contribution in [2.45, 2.75) is 79.1 Å². The van der Waals surface area contributed by atoms with Crippen molar-refractivity contribution in [2.24, 2.45) is 17.3 Å². The van der Waals surface area contributed by atoms with Crippen LogP contribution in [-0.4, -0.2) is 11.7 Å². The first-order valence-electron chi connectivity index (χ1n) is 11.0. The Bertz CT molecular complexity index is 680. The van der Waals surface area contributed by atoms with Crippen LogP contribution in [0.2, 0.25) is 0 Å². The summed E-state index contributed by atoms with van der Waals surface area (Å²) in [5.74, 6) is 0.833. The van der Waals surface area contributed by atoms with E-state index in [-0.39, 0.29) is 23.0 Å². The van der Waals surface area contributed by atoms with Gasteiger partial charge in [-0.05, 0) is 49.0 Å². The molecule has 0 radical (unpaired) electrons. The van der Waals surface area contributed by atoms with Crippen molar-refractivity contribution in [3.63, 3.8) is 0 Å². The molecule has 0 heterocycles. The molecule has 1 N–H and O–H groups in total. The fourth-order valence-electron chi connectivity index (χ4n) is 4.26. The average Bonchev–Trinajstić information content (AvgIpc) is 2.71. The number of ketones is 1. The molecule has 0 unspecified atom stereocenters. The lowest BCUT2D eigenvalue weighted by atomic mass is 9.67. The molecule has 1 aromatic carbocycles. The Morgan fingerprint density at radius 2 is 1.71 bits per heavy atom. The molecule has 1 aliphatic carbocycles. The molecule has 3 heteroatoms. The first-order chi connectivity index (χ1) is 13.4.